The first-order valence-electron chi connectivity index (χ1n) is 9.57. The van der Waals surface area contributed by atoms with E-state index in [1.807, 2.05) is 6.07 Å². The summed E-state index contributed by atoms with van der Waals surface area (Å²) in [6.07, 6.45) is 5.98. The van der Waals surface area contributed by atoms with Crippen molar-refractivity contribution in [1.82, 2.24) is 0 Å². The summed E-state index contributed by atoms with van der Waals surface area (Å²) in [6.45, 7) is 2.79. The number of nitriles is 1. The van der Waals surface area contributed by atoms with Gasteiger partial charge in [0, 0.05) is 0 Å². The summed E-state index contributed by atoms with van der Waals surface area (Å²) in [5, 5.41) is 12.5. The highest BCUT2D eigenvalue weighted by Crippen LogP contribution is 2.29. The van der Waals surface area contributed by atoms with Gasteiger partial charge in [0.1, 0.15) is 11.6 Å². The van der Waals surface area contributed by atoms with Crippen molar-refractivity contribution in [3.63, 3.8) is 0 Å². The van der Waals surface area contributed by atoms with E-state index in [0.29, 0.717) is 34.4 Å². The Hall–Kier alpha value is -2.97. The average molecular weight is 413 g/mol. The molecule has 0 fully saturated rings. The number of hydrogen-bond acceptors (Lipinski definition) is 4. The summed E-state index contributed by atoms with van der Waals surface area (Å²) in [7, 11) is 1.56. The van der Waals surface area contributed by atoms with Crippen molar-refractivity contribution in [1.29, 1.82) is 5.26 Å². The van der Waals surface area contributed by atoms with Crippen LogP contribution in [0.15, 0.2) is 48.0 Å². The van der Waals surface area contributed by atoms with Gasteiger partial charge < -0.3 is 14.8 Å². The van der Waals surface area contributed by atoms with Crippen LogP contribution in [0.25, 0.3) is 6.08 Å². The molecule has 2 rings (SSSR count). The fraction of sp³-hybridized carbons (Fsp3) is 0.304. The zero-order valence-electron chi connectivity index (χ0n) is 16.7. The predicted molar refractivity (Wildman–Crippen MR) is 116 cm³/mol. The third-order valence-electron chi connectivity index (χ3n) is 4.24. The first-order chi connectivity index (χ1) is 14.1. The molecule has 0 saturated heterocycles. The van der Waals surface area contributed by atoms with Gasteiger partial charge >= 0.3 is 0 Å². The van der Waals surface area contributed by atoms with Crippen molar-refractivity contribution in [2.24, 2.45) is 0 Å². The topological polar surface area (TPSA) is 71.3 Å². The Bertz CT molecular complexity index is 903. The van der Waals surface area contributed by atoms with Crippen molar-refractivity contribution >= 4 is 29.3 Å². The number of carbonyl (C=O) groups excluding carboxylic acids is 1. The van der Waals surface area contributed by atoms with E-state index >= 15 is 0 Å². The Morgan fingerprint density at radius 1 is 1.17 bits per heavy atom. The lowest BCUT2D eigenvalue weighted by Crippen LogP contribution is -2.13. The maximum atomic E-state index is 12.4. The zero-order chi connectivity index (χ0) is 21.1. The van der Waals surface area contributed by atoms with E-state index < -0.39 is 5.91 Å². The van der Waals surface area contributed by atoms with Crippen LogP contribution in [0.5, 0.6) is 11.5 Å². The molecule has 1 amide bonds. The van der Waals surface area contributed by atoms with E-state index in [2.05, 4.69) is 12.2 Å². The number of anilines is 1. The molecule has 0 saturated carbocycles. The minimum atomic E-state index is -0.532. The molecule has 29 heavy (non-hydrogen) atoms. The van der Waals surface area contributed by atoms with Gasteiger partial charge in [0.15, 0.2) is 11.5 Å². The second-order valence-corrected chi connectivity index (χ2v) is 6.83. The number of hydrogen-bond donors (Lipinski definition) is 1. The zero-order valence-corrected chi connectivity index (χ0v) is 17.5. The van der Waals surface area contributed by atoms with Crippen LogP contribution in [-0.2, 0) is 4.79 Å². The summed E-state index contributed by atoms with van der Waals surface area (Å²) in [6, 6.07) is 14.1. The van der Waals surface area contributed by atoms with Gasteiger partial charge in [0.2, 0.25) is 0 Å². The van der Waals surface area contributed by atoms with E-state index in [9.17, 15) is 10.1 Å². The second kappa shape index (κ2) is 11.8. The molecule has 0 aromatic heterocycles. The van der Waals surface area contributed by atoms with E-state index in [-0.39, 0.29) is 5.57 Å². The van der Waals surface area contributed by atoms with Crippen LogP contribution in [0, 0.1) is 11.3 Å². The van der Waals surface area contributed by atoms with Crippen LogP contribution in [0.1, 0.15) is 38.2 Å². The SMILES string of the molecule is CCCCCCOc1ccc(C=C(C#N)C(=O)Nc2ccccc2Cl)cc1OC. The largest absolute Gasteiger partial charge is 0.493 e. The van der Waals surface area contributed by atoms with Gasteiger partial charge in [-0.25, -0.2) is 0 Å². The Balaban J connectivity index is 2.11. The van der Waals surface area contributed by atoms with Crippen molar-refractivity contribution in [2.45, 2.75) is 32.6 Å². The number of amides is 1. The van der Waals surface area contributed by atoms with Crippen molar-refractivity contribution in [3.05, 3.63) is 58.6 Å². The summed E-state index contributed by atoms with van der Waals surface area (Å²) in [5.41, 5.74) is 1.07. The smallest absolute Gasteiger partial charge is 0.266 e. The number of nitrogens with one attached hydrogen (secondary N) is 1. The van der Waals surface area contributed by atoms with Gasteiger partial charge in [-0.15, -0.1) is 0 Å². The third kappa shape index (κ3) is 6.85. The molecule has 1 N–H and O–H groups in total. The standard InChI is InChI=1S/C23H25ClN2O3/c1-3-4-5-8-13-29-21-12-11-17(15-22(21)28-2)14-18(16-25)23(27)26-20-10-7-6-9-19(20)24/h6-7,9-12,14-15H,3-5,8,13H2,1-2H3,(H,26,27). The molecule has 0 atom stereocenters. The fourth-order valence-electron chi connectivity index (χ4n) is 2.67. The maximum absolute atomic E-state index is 12.4. The first-order valence-corrected chi connectivity index (χ1v) is 9.95. The number of ether oxygens (including phenoxy) is 2. The van der Waals surface area contributed by atoms with Crippen LogP contribution in [-0.4, -0.2) is 19.6 Å². The molecule has 0 spiro atoms. The summed E-state index contributed by atoms with van der Waals surface area (Å²) >= 11 is 6.06. The molecular weight excluding hydrogens is 388 g/mol. The van der Waals surface area contributed by atoms with Crippen LogP contribution < -0.4 is 14.8 Å². The minimum Gasteiger partial charge on any atom is -0.493 e. The van der Waals surface area contributed by atoms with Crippen molar-refractivity contribution in [3.8, 4) is 17.6 Å². The average Bonchev–Trinajstić information content (AvgIpc) is 2.73. The third-order valence-corrected chi connectivity index (χ3v) is 4.57. The van der Waals surface area contributed by atoms with Crippen molar-refractivity contribution < 1.29 is 14.3 Å². The number of carbonyl (C=O) groups is 1. The molecule has 0 heterocycles. The van der Waals surface area contributed by atoms with Crippen LogP contribution in [0.4, 0.5) is 5.69 Å². The molecule has 6 heteroatoms. The van der Waals surface area contributed by atoms with Gasteiger partial charge in [0.05, 0.1) is 24.4 Å². The molecule has 0 aliphatic rings. The summed E-state index contributed by atoms with van der Waals surface area (Å²) in [5.74, 6) is 0.661. The molecule has 0 aliphatic carbocycles. The number of benzene rings is 2. The highest BCUT2D eigenvalue weighted by atomic mass is 35.5. The molecule has 0 unspecified atom stereocenters. The number of para-hydroxylation sites is 1. The van der Waals surface area contributed by atoms with Crippen LogP contribution in [0.3, 0.4) is 0 Å². The van der Waals surface area contributed by atoms with Gasteiger partial charge in [-0.05, 0) is 42.3 Å². The number of unbranched alkanes of at least 4 members (excludes halogenated alkanes) is 3. The van der Waals surface area contributed by atoms with Gasteiger partial charge in [-0.1, -0.05) is 56.0 Å². The second-order valence-electron chi connectivity index (χ2n) is 6.42. The summed E-state index contributed by atoms with van der Waals surface area (Å²) in [4.78, 5) is 12.4. The van der Waals surface area contributed by atoms with Crippen LogP contribution in [0.2, 0.25) is 5.02 Å². The quantitative estimate of drug-likeness (QED) is 0.301. The number of rotatable bonds is 10. The molecule has 2 aromatic carbocycles. The van der Waals surface area contributed by atoms with Gasteiger partial charge in [0.25, 0.3) is 5.91 Å². The highest BCUT2D eigenvalue weighted by Gasteiger charge is 2.12. The Labute approximate surface area is 176 Å². The summed E-state index contributed by atoms with van der Waals surface area (Å²) < 4.78 is 11.2. The lowest BCUT2D eigenvalue weighted by Gasteiger charge is -2.11. The Morgan fingerprint density at radius 3 is 2.66 bits per heavy atom. The van der Waals surface area contributed by atoms with E-state index in [1.165, 1.54) is 18.9 Å². The molecule has 2 aromatic rings. The molecule has 152 valence electrons. The molecule has 0 bridgehead atoms. The molecule has 5 nitrogen and oxygen atoms in total. The molecule has 0 radical (unpaired) electrons. The normalized spacial score (nSPS) is 10.9. The lowest BCUT2D eigenvalue weighted by atomic mass is 10.1. The lowest BCUT2D eigenvalue weighted by molar-refractivity contribution is -0.112. The van der Waals surface area contributed by atoms with Gasteiger partial charge in [-0.3, -0.25) is 4.79 Å². The minimum absolute atomic E-state index is 0.0415. The molecule has 0 aliphatic heterocycles. The van der Waals surface area contributed by atoms with Crippen molar-refractivity contribution in [2.75, 3.05) is 19.0 Å². The van der Waals surface area contributed by atoms with E-state index in [4.69, 9.17) is 21.1 Å². The number of methoxy groups -OCH3 is 1. The monoisotopic (exact) mass is 412 g/mol. The maximum Gasteiger partial charge on any atom is 0.266 e. The van der Waals surface area contributed by atoms with E-state index in [0.717, 1.165) is 12.8 Å². The fourth-order valence-corrected chi connectivity index (χ4v) is 2.85. The van der Waals surface area contributed by atoms with Crippen LogP contribution >= 0.6 is 11.6 Å². The Kier molecular flexibility index (Phi) is 9.07. The molecular formula is C23H25ClN2O3. The predicted octanol–water partition coefficient (Wildman–Crippen LogP) is 5.85. The number of nitrogens with zero attached hydrogens (tertiary/aromatic N) is 1. The first kappa shape index (κ1) is 22.3. The number of halogens is 1. The van der Waals surface area contributed by atoms with E-state index in [1.54, 1.807) is 49.6 Å². The van der Waals surface area contributed by atoms with Gasteiger partial charge in [-0.2, -0.15) is 5.26 Å². The Morgan fingerprint density at radius 2 is 1.97 bits per heavy atom. The highest BCUT2D eigenvalue weighted by molar-refractivity contribution is 6.34.